The van der Waals surface area contributed by atoms with Crippen LogP contribution in [0.5, 0.6) is 0 Å². The van der Waals surface area contributed by atoms with E-state index in [0.29, 0.717) is 11.6 Å². The van der Waals surface area contributed by atoms with Gasteiger partial charge in [0.1, 0.15) is 5.82 Å². The molecule has 3 aliphatic rings. The van der Waals surface area contributed by atoms with Crippen molar-refractivity contribution >= 4 is 16.3 Å². The lowest BCUT2D eigenvalue weighted by Crippen LogP contribution is -2.25. The Balaban J connectivity index is 0.972. The lowest BCUT2D eigenvalue weighted by molar-refractivity contribution is 0.766. The van der Waals surface area contributed by atoms with Gasteiger partial charge < -0.3 is 0 Å². The van der Waals surface area contributed by atoms with Crippen LogP contribution in [0.25, 0.3) is 83.6 Å². The molecule has 3 aliphatic carbocycles. The Labute approximate surface area is 385 Å². The molecule has 66 heavy (non-hydrogen) atoms. The van der Waals surface area contributed by atoms with E-state index in [4.69, 9.17) is 15.0 Å². The van der Waals surface area contributed by atoms with E-state index in [1.54, 1.807) is 0 Å². The number of allylic oxidation sites excluding steroid dienone is 4. The number of aryl methyl sites for hydroxylation is 1. The van der Waals surface area contributed by atoms with E-state index in [9.17, 15) is 0 Å². The highest BCUT2D eigenvalue weighted by Crippen LogP contribution is 2.63. The summed E-state index contributed by atoms with van der Waals surface area (Å²) < 4.78 is 0. The molecule has 13 rings (SSSR count). The van der Waals surface area contributed by atoms with Gasteiger partial charge in [0, 0.05) is 17.0 Å². The number of fused-ring (bicyclic) bond motifs is 11. The molecular weight excluding hydrogens is 799 g/mol. The average molecular weight is 842 g/mol. The van der Waals surface area contributed by atoms with Gasteiger partial charge in [-0.15, -0.1) is 0 Å². The van der Waals surface area contributed by atoms with Crippen LogP contribution in [0.1, 0.15) is 51.5 Å². The minimum atomic E-state index is -0.427. The minimum Gasteiger partial charge on any atom is -0.212 e. The van der Waals surface area contributed by atoms with Crippen LogP contribution >= 0.6 is 0 Å². The summed E-state index contributed by atoms with van der Waals surface area (Å²) in [7, 11) is 0. The Kier molecular flexibility index (Phi) is 8.79. The van der Waals surface area contributed by atoms with Crippen molar-refractivity contribution in [1.29, 1.82) is 0 Å². The van der Waals surface area contributed by atoms with Crippen LogP contribution in [0.3, 0.4) is 0 Å². The summed E-state index contributed by atoms with van der Waals surface area (Å²) in [6, 6.07) is 75.5. The molecule has 1 atom stereocenters. The zero-order valence-corrected chi connectivity index (χ0v) is 36.5. The molecule has 1 aromatic heterocycles. The van der Waals surface area contributed by atoms with Gasteiger partial charge in [-0.25, -0.2) is 15.0 Å². The first-order chi connectivity index (χ1) is 32.6. The maximum Gasteiger partial charge on any atom is 0.163 e. The smallest absolute Gasteiger partial charge is 0.163 e. The molecule has 310 valence electrons. The molecule has 1 unspecified atom stereocenters. The first-order valence-electron chi connectivity index (χ1n) is 23.0. The molecule has 0 radical (unpaired) electrons. The standard InChI is InChI=1S/C63H43N3/c1-40-15-13-20-47(37-40)61-64-60(44-31-29-42(30-32-44)41-16-3-2-4-17-41)65-62(66-61)48-21-14-19-46(38-48)59-49-22-6-5-18-43(49)33-35-50(59)45-34-36-54-53-25-9-12-28-57(53)63(58(54)39-45)55-26-10-7-23-51(55)52-24-8-11-27-56(52)63/h2-31,33-39,44H,32H2,1H3. The fraction of sp³-hybridized carbons (Fsp3) is 0.0635. The number of aromatic nitrogens is 3. The number of hydrogen-bond acceptors (Lipinski definition) is 3. The van der Waals surface area contributed by atoms with E-state index >= 15 is 0 Å². The van der Waals surface area contributed by atoms with Crippen LogP contribution in [0.15, 0.2) is 224 Å². The van der Waals surface area contributed by atoms with E-state index in [1.807, 2.05) is 0 Å². The predicted molar refractivity (Wildman–Crippen MR) is 271 cm³/mol. The second-order valence-electron chi connectivity index (χ2n) is 17.9. The molecule has 1 heterocycles. The molecule has 0 saturated heterocycles. The van der Waals surface area contributed by atoms with Crippen LogP contribution in [0, 0.1) is 6.92 Å². The zero-order valence-electron chi connectivity index (χ0n) is 36.5. The summed E-state index contributed by atoms with van der Waals surface area (Å²) in [5, 5.41) is 2.40. The fourth-order valence-corrected chi connectivity index (χ4v) is 11.2. The van der Waals surface area contributed by atoms with Crippen LogP contribution in [-0.2, 0) is 5.41 Å². The summed E-state index contributed by atoms with van der Waals surface area (Å²) in [5.41, 5.74) is 20.4. The maximum absolute atomic E-state index is 5.28. The topological polar surface area (TPSA) is 38.7 Å². The molecule has 9 aromatic carbocycles. The Morgan fingerprint density at radius 1 is 0.424 bits per heavy atom. The van der Waals surface area contributed by atoms with E-state index in [1.165, 1.54) is 83.1 Å². The predicted octanol–water partition coefficient (Wildman–Crippen LogP) is 15.5. The van der Waals surface area contributed by atoms with Crippen molar-refractivity contribution in [2.24, 2.45) is 0 Å². The Bertz CT molecular complexity index is 3590. The normalized spacial score (nSPS) is 15.0. The third kappa shape index (κ3) is 5.93. The maximum atomic E-state index is 5.28. The second-order valence-corrected chi connectivity index (χ2v) is 17.9. The van der Waals surface area contributed by atoms with Crippen LogP contribution in [0.2, 0.25) is 0 Å². The molecule has 0 bridgehead atoms. The Morgan fingerprint density at radius 3 is 1.68 bits per heavy atom. The number of nitrogens with zero attached hydrogens (tertiary/aromatic N) is 3. The van der Waals surface area contributed by atoms with Gasteiger partial charge in [0.2, 0.25) is 0 Å². The highest BCUT2D eigenvalue weighted by Gasteiger charge is 2.51. The molecular formula is C63H43N3. The van der Waals surface area contributed by atoms with Gasteiger partial charge in [-0.1, -0.05) is 212 Å². The van der Waals surface area contributed by atoms with Crippen molar-refractivity contribution in [1.82, 2.24) is 15.0 Å². The number of benzene rings is 9. The van der Waals surface area contributed by atoms with Gasteiger partial charge >= 0.3 is 0 Å². The molecule has 3 heteroatoms. The average Bonchev–Trinajstić information content (AvgIpc) is 3.85. The quantitative estimate of drug-likeness (QED) is 0.167. The van der Waals surface area contributed by atoms with Gasteiger partial charge in [0.05, 0.1) is 5.41 Å². The third-order valence-electron chi connectivity index (χ3n) is 14.1. The van der Waals surface area contributed by atoms with Crippen molar-refractivity contribution in [3.8, 4) is 67.3 Å². The SMILES string of the molecule is Cc1cccc(-c2nc(-c3cccc(-c4c(-c5ccc6c(c5)C5(c7ccccc7-c7ccccc75)c5ccccc5-6)ccc5ccccc45)c3)nc(C3C=CC(c4ccccc4)=CC3)n2)c1. The lowest BCUT2D eigenvalue weighted by atomic mass is 9.70. The molecule has 0 fully saturated rings. The first kappa shape index (κ1) is 38.2. The van der Waals surface area contributed by atoms with Crippen LogP contribution < -0.4 is 0 Å². The summed E-state index contributed by atoms with van der Waals surface area (Å²) in [4.78, 5) is 15.7. The van der Waals surface area contributed by atoms with E-state index in [-0.39, 0.29) is 5.92 Å². The Morgan fingerprint density at radius 2 is 1.00 bits per heavy atom. The molecule has 0 amide bonds. The monoisotopic (exact) mass is 841 g/mol. The summed E-state index contributed by atoms with van der Waals surface area (Å²) in [6.07, 6.45) is 7.58. The Hall–Kier alpha value is -8.27. The molecule has 1 spiro atoms. The van der Waals surface area contributed by atoms with Crippen LogP contribution in [-0.4, -0.2) is 15.0 Å². The molecule has 10 aromatic rings. The van der Waals surface area contributed by atoms with E-state index in [0.717, 1.165) is 34.5 Å². The summed E-state index contributed by atoms with van der Waals surface area (Å²) >= 11 is 0. The van der Waals surface area contributed by atoms with Gasteiger partial charge in [-0.05, 0) is 120 Å². The van der Waals surface area contributed by atoms with E-state index < -0.39 is 5.41 Å². The van der Waals surface area contributed by atoms with Gasteiger partial charge in [0.15, 0.2) is 11.6 Å². The zero-order chi connectivity index (χ0) is 43.8. The molecule has 0 saturated carbocycles. The summed E-state index contributed by atoms with van der Waals surface area (Å²) in [6.45, 7) is 2.11. The van der Waals surface area contributed by atoms with Crippen molar-refractivity contribution in [3.05, 3.63) is 264 Å². The van der Waals surface area contributed by atoms with Crippen LogP contribution in [0.4, 0.5) is 0 Å². The molecule has 0 N–H and O–H groups in total. The highest BCUT2D eigenvalue weighted by molar-refractivity contribution is 6.05. The van der Waals surface area contributed by atoms with Crippen molar-refractivity contribution < 1.29 is 0 Å². The highest BCUT2D eigenvalue weighted by atomic mass is 15.0. The first-order valence-corrected chi connectivity index (χ1v) is 23.0. The van der Waals surface area contributed by atoms with Gasteiger partial charge in [-0.2, -0.15) is 0 Å². The second kappa shape index (κ2) is 15.2. The third-order valence-corrected chi connectivity index (χ3v) is 14.1. The molecule has 3 nitrogen and oxygen atoms in total. The minimum absolute atomic E-state index is 0.0173. The summed E-state index contributed by atoms with van der Waals surface area (Å²) in [5.74, 6) is 2.14. The number of rotatable bonds is 6. The fourth-order valence-electron chi connectivity index (χ4n) is 11.2. The van der Waals surface area contributed by atoms with Crippen molar-refractivity contribution in [2.45, 2.75) is 24.7 Å². The largest absolute Gasteiger partial charge is 0.212 e. The number of hydrogen-bond donors (Lipinski definition) is 0. The van der Waals surface area contributed by atoms with E-state index in [2.05, 4.69) is 231 Å². The van der Waals surface area contributed by atoms with Gasteiger partial charge in [0.25, 0.3) is 0 Å². The lowest BCUT2D eigenvalue weighted by Gasteiger charge is -2.30. The van der Waals surface area contributed by atoms with Crippen molar-refractivity contribution in [3.63, 3.8) is 0 Å². The molecule has 0 aliphatic heterocycles. The van der Waals surface area contributed by atoms with Crippen molar-refractivity contribution in [2.75, 3.05) is 0 Å². The van der Waals surface area contributed by atoms with Gasteiger partial charge in [-0.3, -0.25) is 0 Å².